The highest BCUT2D eigenvalue weighted by Gasteiger charge is 2.26. The van der Waals surface area contributed by atoms with Gasteiger partial charge in [0.2, 0.25) is 0 Å². The van der Waals surface area contributed by atoms with Crippen LogP contribution in [0.4, 0.5) is 5.69 Å². The molecule has 2 atom stereocenters. The van der Waals surface area contributed by atoms with Crippen molar-refractivity contribution in [1.82, 2.24) is 4.98 Å². The van der Waals surface area contributed by atoms with Crippen LogP contribution in [0.25, 0.3) is 10.9 Å². The van der Waals surface area contributed by atoms with Crippen molar-refractivity contribution in [3.63, 3.8) is 0 Å². The third-order valence-electron chi connectivity index (χ3n) is 3.70. The summed E-state index contributed by atoms with van der Waals surface area (Å²) in [6.07, 6.45) is 2.17. The first-order chi connectivity index (χ1) is 10.2. The number of aromatic nitrogens is 1. The van der Waals surface area contributed by atoms with Crippen LogP contribution in [0, 0.1) is 0 Å². The molecular formula is C16H19BrN2O2. The number of ether oxygens (including phenoxy) is 2. The number of hydrogen-bond acceptors (Lipinski definition) is 4. The Hall–Kier alpha value is -1.17. The molecule has 1 aromatic carbocycles. The third kappa shape index (κ3) is 3.20. The molecular weight excluding hydrogens is 332 g/mol. The maximum Gasteiger partial charge on any atom is 0.0987 e. The minimum Gasteiger partial charge on any atom is -0.382 e. The molecule has 1 aromatic heterocycles. The van der Waals surface area contributed by atoms with Gasteiger partial charge in [-0.2, -0.15) is 0 Å². The van der Waals surface area contributed by atoms with Gasteiger partial charge in [0.05, 0.1) is 24.3 Å². The van der Waals surface area contributed by atoms with Crippen molar-refractivity contribution in [1.29, 1.82) is 0 Å². The van der Waals surface area contributed by atoms with Gasteiger partial charge in [0, 0.05) is 41.9 Å². The van der Waals surface area contributed by atoms with Gasteiger partial charge in [0.25, 0.3) is 0 Å². The summed E-state index contributed by atoms with van der Waals surface area (Å²) in [5.74, 6) is 0. The quantitative estimate of drug-likeness (QED) is 0.850. The molecule has 2 aromatic rings. The number of halogens is 1. The highest BCUT2D eigenvalue weighted by Crippen LogP contribution is 2.30. The van der Waals surface area contributed by atoms with Crippen LogP contribution in [-0.4, -0.2) is 44.0 Å². The molecule has 1 aliphatic rings. The molecule has 2 unspecified atom stereocenters. The Morgan fingerprint density at radius 2 is 2.24 bits per heavy atom. The molecule has 1 fully saturated rings. The van der Waals surface area contributed by atoms with Crippen molar-refractivity contribution in [3.05, 3.63) is 34.9 Å². The predicted molar refractivity (Wildman–Crippen MR) is 87.9 cm³/mol. The smallest absolute Gasteiger partial charge is 0.0987 e. The minimum atomic E-state index is 0.106. The Morgan fingerprint density at radius 3 is 3.05 bits per heavy atom. The molecule has 2 heterocycles. The second-order valence-corrected chi connectivity index (χ2v) is 6.34. The number of pyridine rings is 1. The predicted octanol–water partition coefficient (Wildman–Crippen LogP) is 3.24. The summed E-state index contributed by atoms with van der Waals surface area (Å²) in [6.45, 7) is 4.44. The van der Waals surface area contributed by atoms with Crippen molar-refractivity contribution in [2.45, 2.75) is 19.1 Å². The van der Waals surface area contributed by atoms with E-state index in [2.05, 4.69) is 44.9 Å². The van der Waals surface area contributed by atoms with Crippen LogP contribution in [-0.2, 0) is 9.47 Å². The molecule has 5 heteroatoms. The number of methoxy groups -OCH3 is 1. The highest BCUT2D eigenvalue weighted by atomic mass is 79.9. The topological polar surface area (TPSA) is 34.6 Å². The first-order valence-electron chi connectivity index (χ1n) is 7.11. The van der Waals surface area contributed by atoms with E-state index in [0.717, 1.165) is 28.5 Å². The van der Waals surface area contributed by atoms with Gasteiger partial charge in [-0.05, 0) is 31.2 Å². The van der Waals surface area contributed by atoms with Crippen LogP contribution in [0.5, 0.6) is 0 Å². The Labute approximate surface area is 133 Å². The van der Waals surface area contributed by atoms with E-state index in [-0.39, 0.29) is 12.2 Å². The van der Waals surface area contributed by atoms with Crippen LogP contribution in [0.2, 0.25) is 0 Å². The lowest BCUT2D eigenvalue weighted by molar-refractivity contribution is -0.0510. The zero-order valence-corrected chi connectivity index (χ0v) is 13.8. The number of morpholine rings is 1. The maximum absolute atomic E-state index is 5.92. The molecule has 4 nitrogen and oxygen atoms in total. The van der Waals surface area contributed by atoms with Crippen LogP contribution >= 0.6 is 15.9 Å². The molecule has 1 saturated heterocycles. The zero-order chi connectivity index (χ0) is 14.8. The van der Waals surface area contributed by atoms with E-state index in [4.69, 9.17) is 9.47 Å². The number of hydrogen-bond donors (Lipinski definition) is 0. The molecule has 0 radical (unpaired) electrons. The van der Waals surface area contributed by atoms with E-state index in [0.29, 0.717) is 6.61 Å². The summed E-state index contributed by atoms with van der Waals surface area (Å²) in [4.78, 5) is 6.82. The van der Waals surface area contributed by atoms with Crippen LogP contribution < -0.4 is 4.90 Å². The molecule has 112 valence electrons. The lowest BCUT2D eigenvalue weighted by Crippen LogP contribution is -2.48. The van der Waals surface area contributed by atoms with Crippen molar-refractivity contribution in [2.75, 3.05) is 31.7 Å². The average Bonchev–Trinajstić information content (AvgIpc) is 2.46. The summed E-state index contributed by atoms with van der Waals surface area (Å²) in [5, 5.41) is 1.16. The van der Waals surface area contributed by atoms with Crippen molar-refractivity contribution in [2.24, 2.45) is 0 Å². The molecule has 0 spiro atoms. The van der Waals surface area contributed by atoms with Gasteiger partial charge < -0.3 is 14.4 Å². The molecule has 0 bridgehead atoms. The van der Waals surface area contributed by atoms with Gasteiger partial charge in [0.15, 0.2) is 0 Å². The van der Waals surface area contributed by atoms with Crippen molar-refractivity contribution >= 4 is 32.5 Å². The number of fused-ring (bicyclic) bond motifs is 1. The van der Waals surface area contributed by atoms with Crippen LogP contribution in [0.1, 0.15) is 6.92 Å². The zero-order valence-electron chi connectivity index (χ0n) is 12.3. The lowest BCUT2D eigenvalue weighted by atomic mass is 10.1. The number of anilines is 1. The van der Waals surface area contributed by atoms with E-state index in [9.17, 15) is 0 Å². The van der Waals surface area contributed by atoms with Gasteiger partial charge >= 0.3 is 0 Å². The summed E-state index contributed by atoms with van der Waals surface area (Å²) in [7, 11) is 1.71. The largest absolute Gasteiger partial charge is 0.382 e. The Balaban J connectivity index is 1.97. The first-order valence-corrected chi connectivity index (χ1v) is 7.90. The average molecular weight is 351 g/mol. The van der Waals surface area contributed by atoms with Crippen LogP contribution in [0.3, 0.4) is 0 Å². The monoisotopic (exact) mass is 350 g/mol. The van der Waals surface area contributed by atoms with E-state index in [1.165, 1.54) is 5.69 Å². The van der Waals surface area contributed by atoms with Gasteiger partial charge in [-0.3, -0.25) is 4.98 Å². The highest BCUT2D eigenvalue weighted by molar-refractivity contribution is 9.10. The molecule has 0 amide bonds. The molecule has 0 saturated carbocycles. The van der Waals surface area contributed by atoms with Crippen molar-refractivity contribution in [3.8, 4) is 0 Å². The van der Waals surface area contributed by atoms with Crippen molar-refractivity contribution < 1.29 is 9.47 Å². The fraction of sp³-hybridized carbons (Fsp3) is 0.438. The molecule has 0 N–H and O–H groups in total. The molecule has 3 rings (SSSR count). The molecule has 21 heavy (non-hydrogen) atoms. The fourth-order valence-corrected chi connectivity index (χ4v) is 3.26. The number of benzene rings is 1. The summed E-state index contributed by atoms with van der Waals surface area (Å²) in [5.41, 5.74) is 2.22. The van der Waals surface area contributed by atoms with Gasteiger partial charge in [0.1, 0.15) is 0 Å². The number of rotatable bonds is 3. The third-order valence-corrected chi connectivity index (χ3v) is 4.19. The normalized spacial score (nSPS) is 22.7. The van der Waals surface area contributed by atoms with Gasteiger partial charge in [-0.25, -0.2) is 0 Å². The van der Waals surface area contributed by atoms with E-state index < -0.39 is 0 Å². The summed E-state index contributed by atoms with van der Waals surface area (Å²) in [6, 6.07) is 8.27. The maximum atomic E-state index is 5.92. The Morgan fingerprint density at radius 1 is 1.38 bits per heavy atom. The first kappa shape index (κ1) is 14.8. The van der Waals surface area contributed by atoms with Gasteiger partial charge in [-0.1, -0.05) is 15.9 Å². The Kier molecular flexibility index (Phi) is 4.42. The second-order valence-electron chi connectivity index (χ2n) is 5.42. The van der Waals surface area contributed by atoms with Crippen LogP contribution in [0.15, 0.2) is 34.9 Å². The second kappa shape index (κ2) is 6.30. The number of nitrogens with zero attached hydrogens (tertiary/aromatic N) is 2. The SMILES string of the molecule is COCC1CN(c2ccnc3ccc(Br)cc23)CC(C)O1. The van der Waals surface area contributed by atoms with E-state index in [1.54, 1.807) is 7.11 Å². The van der Waals surface area contributed by atoms with Gasteiger partial charge in [-0.15, -0.1) is 0 Å². The summed E-state index contributed by atoms with van der Waals surface area (Å²) < 4.78 is 12.2. The molecule has 0 aliphatic carbocycles. The van der Waals surface area contributed by atoms with E-state index >= 15 is 0 Å². The van der Waals surface area contributed by atoms with E-state index in [1.807, 2.05) is 18.3 Å². The standard InChI is InChI=1S/C16H19BrN2O2/c1-11-8-19(9-13(21-11)10-20-2)16-5-6-18-15-4-3-12(17)7-14(15)16/h3-7,11,13H,8-10H2,1-2H3. The lowest BCUT2D eigenvalue weighted by Gasteiger charge is -2.38. The Bertz CT molecular complexity index is 635. The minimum absolute atomic E-state index is 0.106. The molecule has 1 aliphatic heterocycles. The fourth-order valence-electron chi connectivity index (χ4n) is 2.90. The summed E-state index contributed by atoms with van der Waals surface area (Å²) >= 11 is 3.55.